The maximum absolute atomic E-state index is 10.9. The largest absolute Gasteiger partial charge is 0.478 e. The molecule has 0 spiro atoms. The molecule has 0 unspecified atom stereocenters. The average molecular weight is 266 g/mol. The number of rotatable bonds is 6. The first-order valence-corrected chi connectivity index (χ1v) is 6.65. The zero-order valence-corrected chi connectivity index (χ0v) is 11.8. The van der Waals surface area contributed by atoms with Crippen LogP contribution < -0.4 is 5.32 Å². The van der Waals surface area contributed by atoms with Gasteiger partial charge in [0.1, 0.15) is 17.1 Å². The highest BCUT2D eigenvalue weighted by atomic mass is 16.4. The lowest BCUT2D eigenvalue weighted by Crippen LogP contribution is -2.56. The third-order valence-corrected chi connectivity index (χ3v) is 4.19. The summed E-state index contributed by atoms with van der Waals surface area (Å²) in [6.07, 6.45) is 3.71. The maximum atomic E-state index is 10.9. The molecule has 0 bridgehead atoms. The number of carboxylic acids is 1. The second kappa shape index (κ2) is 5.35. The molecule has 2 N–H and O–H groups in total. The average Bonchev–Trinajstić information content (AvgIpc) is 2.63. The Morgan fingerprint density at radius 3 is 2.63 bits per heavy atom. The van der Waals surface area contributed by atoms with E-state index >= 15 is 0 Å². The van der Waals surface area contributed by atoms with Gasteiger partial charge in [-0.3, -0.25) is 0 Å². The fourth-order valence-electron chi connectivity index (χ4n) is 2.63. The molecule has 2 rings (SSSR count). The van der Waals surface area contributed by atoms with Crippen LogP contribution in [0, 0.1) is 6.92 Å². The molecule has 1 aliphatic carbocycles. The Labute approximate surface area is 113 Å². The second-order valence-electron chi connectivity index (χ2n) is 5.56. The number of nitrogens with one attached hydrogen (secondary N) is 1. The van der Waals surface area contributed by atoms with Crippen molar-refractivity contribution >= 4 is 5.97 Å². The van der Waals surface area contributed by atoms with Gasteiger partial charge in [0, 0.05) is 12.1 Å². The van der Waals surface area contributed by atoms with Crippen LogP contribution in [0.1, 0.15) is 41.1 Å². The Bertz CT molecular complexity index is 461. The van der Waals surface area contributed by atoms with E-state index in [-0.39, 0.29) is 11.1 Å². The van der Waals surface area contributed by atoms with E-state index < -0.39 is 5.97 Å². The van der Waals surface area contributed by atoms with Crippen LogP contribution in [0.5, 0.6) is 0 Å². The fraction of sp³-hybridized carbons (Fsp3) is 0.643. The highest BCUT2D eigenvalue weighted by Crippen LogP contribution is 2.35. The van der Waals surface area contributed by atoms with Gasteiger partial charge in [0.25, 0.3) is 0 Å². The quantitative estimate of drug-likeness (QED) is 0.822. The number of hydrogen-bond acceptors (Lipinski definition) is 4. The Balaban J connectivity index is 1.89. The van der Waals surface area contributed by atoms with E-state index in [9.17, 15) is 4.79 Å². The van der Waals surface area contributed by atoms with E-state index in [0.717, 1.165) is 6.54 Å². The van der Waals surface area contributed by atoms with Gasteiger partial charge in [0.15, 0.2) is 0 Å². The van der Waals surface area contributed by atoms with Gasteiger partial charge in [0.05, 0.1) is 6.54 Å². The van der Waals surface area contributed by atoms with Gasteiger partial charge in [0.2, 0.25) is 0 Å². The molecule has 1 heterocycles. The molecule has 0 radical (unpaired) electrons. The number of likely N-dealkylation sites (N-methyl/N-ethyl adjacent to an activating group) is 1. The Kier molecular flexibility index (Phi) is 3.96. The van der Waals surface area contributed by atoms with E-state index in [1.54, 1.807) is 13.0 Å². The van der Waals surface area contributed by atoms with Crippen LogP contribution in [0.4, 0.5) is 0 Å². The summed E-state index contributed by atoms with van der Waals surface area (Å²) in [5.41, 5.74) is 0.514. The zero-order chi connectivity index (χ0) is 14.0. The van der Waals surface area contributed by atoms with Gasteiger partial charge in [-0.1, -0.05) is 0 Å². The summed E-state index contributed by atoms with van der Waals surface area (Å²) < 4.78 is 5.45. The van der Waals surface area contributed by atoms with E-state index in [1.165, 1.54) is 19.3 Å². The molecule has 1 saturated carbocycles. The van der Waals surface area contributed by atoms with Crippen molar-refractivity contribution < 1.29 is 14.3 Å². The summed E-state index contributed by atoms with van der Waals surface area (Å²) in [5, 5.41) is 12.3. The Morgan fingerprint density at radius 2 is 2.21 bits per heavy atom. The van der Waals surface area contributed by atoms with E-state index in [1.807, 2.05) is 0 Å². The monoisotopic (exact) mass is 266 g/mol. The molecule has 0 atom stereocenters. The first-order valence-electron chi connectivity index (χ1n) is 6.65. The van der Waals surface area contributed by atoms with Crippen molar-refractivity contribution in [3.8, 4) is 0 Å². The summed E-state index contributed by atoms with van der Waals surface area (Å²) in [5.74, 6) is 0.217. The molecule has 1 aliphatic rings. The third-order valence-electron chi connectivity index (χ3n) is 4.19. The number of carbonyl (C=O) groups is 1. The first-order chi connectivity index (χ1) is 8.94. The molecule has 1 aromatic heterocycles. The molecule has 5 nitrogen and oxygen atoms in total. The van der Waals surface area contributed by atoms with Gasteiger partial charge in [-0.25, -0.2) is 4.79 Å². The topological polar surface area (TPSA) is 65.7 Å². The SMILES string of the molecule is Cc1oc(CNCC2(N(C)C)CCC2)cc1C(=O)O. The van der Waals surface area contributed by atoms with Crippen LogP contribution in [-0.4, -0.2) is 42.2 Å². The van der Waals surface area contributed by atoms with Crippen LogP contribution >= 0.6 is 0 Å². The van der Waals surface area contributed by atoms with Crippen molar-refractivity contribution in [2.45, 2.75) is 38.3 Å². The van der Waals surface area contributed by atoms with Gasteiger partial charge < -0.3 is 19.7 Å². The van der Waals surface area contributed by atoms with Crippen molar-refractivity contribution in [1.82, 2.24) is 10.2 Å². The van der Waals surface area contributed by atoms with Crippen molar-refractivity contribution in [3.05, 3.63) is 23.2 Å². The lowest BCUT2D eigenvalue weighted by atomic mass is 9.75. The predicted molar refractivity (Wildman–Crippen MR) is 72.4 cm³/mol. The molecular weight excluding hydrogens is 244 g/mol. The lowest BCUT2D eigenvalue weighted by molar-refractivity contribution is 0.0593. The summed E-state index contributed by atoms with van der Waals surface area (Å²) in [6, 6.07) is 1.60. The predicted octanol–water partition coefficient (Wildman–Crippen LogP) is 1.86. The van der Waals surface area contributed by atoms with Crippen molar-refractivity contribution in [3.63, 3.8) is 0 Å². The van der Waals surface area contributed by atoms with E-state index in [4.69, 9.17) is 9.52 Å². The summed E-state index contributed by atoms with van der Waals surface area (Å²) >= 11 is 0. The molecule has 0 aromatic carbocycles. The standard InChI is InChI=1S/C14H22N2O3/c1-10-12(13(17)18)7-11(19-10)8-15-9-14(16(2)3)5-4-6-14/h7,15H,4-6,8-9H2,1-3H3,(H,17,18). The zero-order valence-electron chi connectivity index (χ0n) is 11.8. The van der Waals surface area contributed by atoms with Crippen LogP contribution in [0.25, 0.3) is 0 Å². The van der Waals surface area contributed by atoms with Gasteiger partial charge in [-0.05, 0) is 46.3 Å². The number of nitrogens with zero attached hydrogens (tertiary/aromatic N) is 1. The third kappa shape index (κ3) is 2.82. The number of furan rings is 1. The van der Waals surface area contributed by atoms with Crippen molar-refractivity contribution in [1.29, 1.82) is 0 Å². The van der Waals surface area contributed by atoms with Crippen LogP contribution in [-0.2, 0) is 6.54 Å². The molecule has 106 valence electrons. The number of aryl methyl sites for hydroxylation is 1. The number of hydrogen-bond donors (Lipinski definition) is 2. The van der Waals surface area contributed by atoms with Gasteiger partial charge in [-0.2, -0.15) is 0 Å². The molecule has 1 fully saturated rings. The minimum atomic E-state index is -0.934. The van der Waals surface area contributed by atoms with E-state index in [0.29, 0.717) is 18.1 Å². The van der Waals surface area contributed by atoms with Gasteiger partial charge >= 0.3 is 5.97 Å². The molecular formula is C14H22N2O3. The Morgan fingerprint density at radius 1 is 1.53 bits per heavy atom. The highest BCUT2D eigenvalue weighted by molar-refractivity contribution is 5.88. The summed E-state index contributed by atoms with van der Waals surface area (Å²) in [6.45, 7) is 3.16. The molecule has 0 aliphatic heterocycles. The molecule has 5 heteroatoms. The van der Waals surface area contributed by atoms with E-state index in [2.05, 4.69) is 24.3 Å². The summed E-state index contributed by atoms with van der Waals surface area (Å²) in [4.78, 5) is 13.2. The molecule has 0 amide bonds. The lowest BCUT2D eigenvalue weighted by Gasteiger charge is -2.47. The normalized spacial score (nSPS) is 17.5. The van der Waals surface area contributed by atoms with Crippen LogP contribution in [0.2, 0.25) is 0 Å². The minimum Gasteiger partial charge on any atom is -0.478 e. The van der Waals surface area contributed by atoms with Crippen molar-refractivity contribution in [2.75, 3.05) is 20.6 Å². The fourth-order valence-corrected chi connectivity index (χ4v) is 2.63. The van der Waals surface area contributed by atoms with Gasteiger partial charge in [-0.15, -0.1) is 0 Å². The molecule has 0 saturated heterocycles. The van der Waals surface area contributed by atoms with Crippen LogP contribution in [0.3, 0.4) is 0 Å². The smallest absolute Gasteiger partial charge is 0.339 e. The van der Waals surface area contributed by atoms with Crippen LogP contribution in [0.15, 0.2) is 10.5 Å². The van der Waals surface area contributed by atoms with Crippen molar-refractivity contribution in [2.24, 2.45) is 0 Å². The molecule has 19 heavy (non-hydrogen) atoms. The maximum Gasteiger partial charge on any atom is 0.339 e. The highest BCUT2D eigenvalue weighted by Gasteiger charge is 2.38. The number of aromatic carboxylic acids is 1. The minimum absolute atomic E-state index is 0.253. The first kappa shape index (κ1) is 14.1. The Hall–Kier alpha value is -1.33. The molecule has 1 aromatic rings. The second-order valence-corrected chi connectivity index (χ2v) is 5.56. The number of carboxylic acid groups (broad SMARTS) is 1. The summed E-state index contributed by atoms with van der Waals surface area (Å²) in [7, 11) is 4.22.